The van der Waals surface area contributed by atoms with E-state index in [0.29, 0.717) is 23.3 Å². The number of pyridine rings is 1. The van der Waals surface area contributed by atoms with Gasteiger partial charge in [-0.3, -0.25) is 9.69 Å². The van der Waals surface area contributed by atoms with Crippen LogP contribution in [-0.4, -0.2) is 68.3 Å². The number of nitrogens with one attached hydrogen (secondary N) is 1. The van der Waals surface area contributed by atoms with Crippen molar-refractivity contribution < 1.29 is 4.79 Å². The smallest absolute Gasteiger partial charge is 0.252 e. The molecule has 0 atom stereocenters. The molecule has 31 heavy (non-hydrogen) atoms. The molecule has 1 aliphatic rings. The molecule has 1 saturated heterocycles. The van der Waals surface area contributed by atoms with Gasteiger partial charge in [0.05, 0.1) is 17.3 Å². The van der Waals surface area contributed by atoms with E-state index >= 15 is 0 Å². The Balaban J connectivity index is 1.37. The molecular formula is C21H25ClN8O. The fourth-order valence-electron chi connectivity index (χ4n) is 3.62. The van der Waals surface area contributed by atoms with E-state index in [2.05, 4.69) is 35.2 Å². The van der Waals surface area contributed by atoms with Crippen molar-refractivity contribution in [2.24, 2.45) is 0 Å². The van der Waals surface area contributed by atoms with Crippen LogP contribution in [0.2, 0.25) is 5.02 Å². The van der Waals surface area contributed by atoms with Gasteiger partial charge in [-0.15, -0.1) is 0 Å². The summed E-state index contributed by atoms with van der Waals surface area (Å²) in [6, 6.07) is 7.48. The van der Waals surface area contributed by atoms with E-state index in [1.165, 1.54) is 0 Å². The second-order valence-electron chi connectivity index (χ2n) is 7.68. The van der Waals surface area contributed by atoms with Gasteiger partial charge < -0.3 is 10.2 Å². The summed E-state index contributed by atoms with van der Waals surface area (Å²) in [7, 11) is 0. The Morgan fingerprint density at radius 3 is 2.39 bits per heavy atom. The van der Waals surface area contributed by atoms with Gasteiger partial charge in [0.1, 0.15) is 11.6 Å². The van der Waals surface area contributed by atoms with Crippen molar-refractivity contribution in [3.63, 3.8) is 0 Å². The first-order valence-corrected chi connectivity index (χ1v) is 10.5. The molecule has 0 saturated carbocycles. The minimum absolute atomic E-state index is 0.0939. The normalized spacial score (nSPS) is 14.6. The van der Waals surface area contributed by atoms with Gasteiger partial charge in [-0.1, -0.05) is 11.6 Å². The summed E-state index contributed by atoms with van der Waals surface area (Å²) in [5, 5.41) is 8.04. The predicted molar refractivity (Wildman–Crippen MR) is 120 cm³/mol. The molecule has 10 heteroatoms. The lowest BCUT2D eigenvalue weighted by molar-refractivity contribution is -0.117. The van der Waals surface area contributed by atoms with Gasteiger partial charge >= 0.3 is 0 Å². The van der Waals surface area contributed by atoms with E-state index in [0.717, 1.165) is 49.1 Å². The Morgan fingerprint density at radius 1 is 1.03 bits per heavy atom. The molecule has 1 fully saturated rings. The van der Waals surface area contributed by atoms with Gasteiger partial charge in [-0.05, 0) is 39.0 Å². The van der Waals surface area contributed by atoms with Crippen LogP contribution < -0.4 is 10.2 Å². The predicted octanol–water partition coefficient (Wildman–Crippen LogP) is 2.40. The standard InChI is InChI=1S/C21H25ClN8O/c1-14-10-15(2)25-21(24-14)30-19(11-16(3)27-30)26-20(31)13-28-6-8-29(9-7-28)18-5-4-17(22)12-23-18/h4-5,10-12H,6-9,13H2,1-3H3,(H,26,31). The first kappa shape index (κ1) is 21.2. The lowest BCUT2D eigenvalue weighted by atomic mass is 10.3. The minimum atomic E-state index is -0.0939. The monoisotopic (exact) mass is 440 g/mol. The highest BCUT2D eigenvalue weighted by molar-refractivity contribution is 6.30. The van der Waals surface area contributed by atoms with Gasteiger partial charge in [-0.25, -0.2) is 15.0 Å². The average molecular weight is 441 g/mol. The molecular weight excluding hydrogens is 416 g/mol. The largest absolute Gasteiger partial charge is 0.354 e. The van der Waals surface area contributed by atoms with E-state index in [1.807, 2.05) is 45.0 Å². The van der Waals surface area contributed by atoms with Crippen molar-refractivity contribution in [1.82, 2.24) is 29.6 Å². The number of rotatable bonds is 5. The van der Waals surface area contributed by atoms with Crippen molar-refractivity contribution in [3.8, 4) is 5.95 Å². The average Bonchev–Trinajstić information content (AvgIpc) is 3.08. The number of carbonyl (C=O) groups is 1. The number of carbonyl (C=O) groups excluding carboxylic acids is 1. The summed E-state index contributed by atoms with van der Waals surface area (Å²) in [6.07, 6.45) is 1.65. The number of halogens is 1. The van der Waals surface area contributed by atoms with Crippen molar-refractivity contribution in [1.29, 1.82) is 0 Å². The Labute approximate surface area is 186 Å². The molecule has 162 valence electrons. The molecule has 1 aliphatic heterocycles. The first-order valence-electron chi connectivity index (χ1n) is 10.2. The van der Waals surface area contributed by atoms with Crippen LogP contribution in [0.15, 0.2) is 30.5 Å². The molecule has 1 N–H and O–H groups in total. The van der Waals surface area contributed by atoms with Gasteiger partial charge in [0, 0.05) is 49.8 Å². The molecule has 3 aromatic heterocycles. The Bertz CT molecular complexity index is 1050. The number of anilines is 2. The highest BCUT2D eigenvalue weighted by Crippen LogP contribution is 2.17. The lowest BCUT2D eigenvalue weighted by Crippen LogP contribution is -2.49. The zero-order valence-corrected chi connectivity index (χ0v) is 18.6. The van der Waals surface area contributed by atoms with Crippen molar-refractivity contribution >= 4 is 29.1 Å². The van der Waals surface area contributed by atoms with Crippen LogP contribution in [0, 0.1) is 20.8 Å². The molecule has 0 radical (unpaired) electrons. The van der Waals surface area contributed by atoms with Crippen LogP contribution in [0.3, 0.4) is 0 Å². The second-order valence-corrected chi connectivity index (χ2v) is 8.12. The third kappa shape index (κ3) is 5.18. The number of piperazine rings is 1. The van der Waals surface area contributed by atoms with Crippen LogP contribution in [0.5, 0.6) is 0 Å². The van der Waals surface area contributed by atoms with Crippen molar-refractivity contribution in [2.75, 3.05) is 42.9 Å². The zero-order chi connectivity index (χ0) is 22.0. The number of aromatic nitrogens is 5. The Kier molecular flexibility index (Phi) is 6.15. The van der Waals surface area contributed by atoms with Gasteiger partial charge in [0.15, 0.2) is 0 Å². The Morgan fingerprint density at radius 2 is 1.74 bits per heavy atom. The van der Waals surface area contributed by atoms with Crippen LogP contribution >= 0.6 is 11.6 Å². The maximum Gasteiger partial charge on any atom is 0.252 e. The van der Waals surface area contributed by atoms with Crippen LogP contribution in [0.1, 0.15) is 17.1 Å². The SMILES string of the molecule is Cc1cc(C)nc(-n2nc(C)cc2NC(=O)CN2CCN(c3ccc(Cl)cn3)CC2)n1. The number of hydrogen-bond acceptors (Lipinski definition) is 7. The maximum absolute atomic E-state index is 12.7. The highest BCUT2D eigenvalue weighted by Gasteiger charge is 2.21. The van der Waals surface area contributed by atoms with E-state index in [4.69, 9.17) is 11.6 Å². The second kappa shape index (κ2) is 8.99. The van der Waals surface area contributed by atoms with E-state index in [9.17, 15) is 4.79 Å². The minimum Gasteiger partial charge on any atom is -0.354 e. The third-order valence-corrected chi connectivity index (χ3v) is 5.26. The topological polar surface area (TPSA) is 92.1 Å². The first-order chi connectivity index (χ1) is 14.9. The molecule has 0 aromatic carbocycles. The van der Waals surface area contributed by atoms with Crippen molar-refractivity contribution in [2.45, 2.75) is 20.8 Å². The van der Waals surface area contributed by atoms with Gasteiger partial charge in [0.25, 0.3) is 5.95 Å². The summed E-state index contributed by atoms with van der Waals surface area (Å²) in [6.45, 7) is 9.15. The molecule has 0 unspecified atom stereocenters. The Hall–Kier alpha value is -3.04. The summed E-state index contributed by atoms with van der Waals surface area (Å²) in [5.41, 5.74) is 2.48. The molecule has 1 amide bonds. The molecule has 9 nitrogen and oxygen atoms in total. The summed E-state index contributed by atoms with van der Waals surface area (Å²) in [4.78, 5) is 30.3. The summed E-state index contributed by atoms with van der Waals surface area (Å²) < 4.78 is 1.58. The lowest BCUT2D eigenvalue weighted by Gasteiger charge is -2.34. The number of hydrogen-bond donors (Lipinski definition) is 1. The molecule has 0 aliphatic carbocycles. The van der Waals surface area contributed by atoms with Crippen LogP contribution in [-0.2, 0) is 4.79 Å². The molecule has 0 bridgehead atoms. The fourth-order valence-corrected chi connectivity index (χ4v) is 3.73. The zero-order valence-electron chi connectivity index (χ0n) is 17.8. The molecule has 0 spiro atoms. The number of aryl methyl sites for hydroxylation is 3. The quantitative estimate of drug-likeness (QED) is 0.651. The summed E-state index contributed by atoms with van der Waals surface area (Å²) in [5.74, 6) is 1.83. The molecule has 4 heterocycles. The number of nitrogens with zero attached hydrogens (tertiary/aromatic N) is 7. The van der Waals surface area contributed by atoms with Crippen LogP contribution in [0.25, 0.3) is 5.95 Å². The highest BCUT2D eigenvalue weighted by atomic mass is 35.5. The summed E-state index contributed by atoms with van der Waals surface area (Å²) >= 11 is 5.92. The van der Waals surface area contributed by atoms with E-state index < -0.39 is 0 Å². The maximum atomic E-state index is 12.7. The van der Waals surface area contributed by atoms with Gasteiger partial charge in [-0.2, -0.15) is 9.78 Å². The molecule has 3 aromatic rings. The van der Waals surface area contributed by atoms with Crippen molar-refractivity contribution in [3.05, 3.63) is 52.6 Å². The van der Waals surface area contributed by atoms with Gasteiger partial charge in [0.2, 0.25) is 5.91 Å². The van der Waals surface area contributed by atoms with E-state index in [-0.39, 0.29) is 5.91 Å². The fraction of sp³-hybridized carbons (Fsp3) is 0.381. The number of amides is 1. The third-order valence-electron chi connectivity index (χ3n) is 5.03. The van der Waals surface area contributed by atoms with E-state index in [1.54, 1.807) is 10.9 Å². The van der Waals surface area contributed by atoms with Crippen LogP contribution in [0.4, 0.5) is 11.6 Å². The molecule has 4 rings (SSSR count).